The molecule has 0 saturated carbocycles. The van der Waals surface area contributed by atoms with Crippen LogP contribution in [0.3, 0.4) is 0 Å². The lowest BCUT2D eigenvalue weighted by atomic mass is 10.2. The maximum Gasteiger partial charge on any atom is 0.255 e. The van der Waals surface area contributed by atoms with Crippen molar-refractivity contribution in [2.75, 3.05) is 63.8 Å². The fourth-order valence-corrected chi connectivity index (χ4v) is 3.30. The Morgan fingerprint density at radius 1 is 1.14 bits per heavy atom. The number of amides is 1. The quantitative estimate of drug-likeness (QED) is 0.694. The number of carbonyl (C=O) groups is 1. The van der Waals surface area contributed by atoms with Gasteiger partial charge in [-0.05, 0) is 36.4 Å². The maximum absolute atomic E-state index is 12.3. The number of β-amino-alcohol motifs (C(OH)–C–C–N with tert-alkyl or cyclic N) is 1. The average molecular weight is 400 g/mol. The Kier molecular flexibility index (Phi) is 7.40. The smallest absolute Gasteiger partial charge is 0.255 e. The van der Waals surface area contributed by atoms with Crippen molar-refractivity contribution in [2.45, 2.75) is 6.10 Å². The number of hydrogen-bond acceptors (Lipinski definition) is 7. The molecule has 0 aliphatic carbocycles. The fourth-order valence-electron chi connectivity index (χ4n) is 3.30. The number of benzene rings is 1. The largest absolute Gasteiger partial charge is 0.497 e. The van der Waals surface area contributed by atoms with Crippen molar-refractivity contribution in [1.29, 1.82) is 0 Å². The molecule has 1 aliphatic rings. The molecule has 3 rings (SSSR count). The van der Waals surface area contributed by atoms with E-state index < -0.39 is 6.10 Å². The third-order valence-electron chi connectivity index (χ3n) is 4.88. The summed E-state index contributed by atoms with van der Waals surface area (Å²) in [5.41, 5.74) is 1.21. The van der Waals surface area contributed by atoms with Gasteiger partial charge in [0.25, 0.3) is 5.91 Å². The number of aliphatic hydroxyl groups is 1. The third kappa shape index (κ3) is 5.90. The van der Waals surface area contributed by atoms with E-state index in [-0.39, 0.29) is 5.91 Å². The number of aliphatic hydroxyl groups excluding tert-OH is 1. The number of nitrogens with one attached hydrogen (secondary N) is 1. The average Bonchev–Trinajstić information content (AvgIpc) is 2.75. The van der Waals surface area contributed by atoms with Crippen LogP contribution in [0, 0.1) is 0 Å². The Labute approximate surface area is 171 Å². The number of methoxy groups -OCH3 is 2. The van der Waals surface area contributed by atoms with Gasteiger partial charge in [0.15, 0.2) is 0 Å². The monoisotopic (exact) mass is 400 g/mol. The third-order valence-corrected chi connectivity index (χ3v) is 4.88. The zero-order chi connectivity index (χ0) is 20.6. The molecule has 2 heterocycles. The topological polar surface area (TPSA) is 87.2 Å². The van der Waals surface area contributed by atoms with Gasteiger partial charge < -0.3 is 24.8 Å². The highest BCUT2D eigenvalue weighted by Crippen LogP contribution is 2.18. The molecular weight excluding hydrogens is 372 g/mol. The molecule has 1 amide bonds. The van der Waals surface area contributed by atoms with Gasteiger partial charge in [-0.25, -0.2) is 4.98 Å². The highest BCUT2D eigenvalue weighted by atomic mass is 16.5. The van der Waals surface area contributed by atoms with Gasteiger partial charge in [0.1, 0.15) is 11.6 Å². The second kappa shape index (κ2) is 10.2. The van der Waals surface area contributed by atoms with Gasteiger partial charge >= 0.3 is 0 Å². The molecule has 29 heavy (non-hydrogen) atoms. The summed E-state index contributed by atoms with van der Waals surface area (Å²) in [6.07, 6.45) is 1.21. The summed E-state index contributed by atoms with van der Waals surface area (Å²) in [5.74, 6) is 1.40. The highest BCUT2D eigenvalue weighted by molar-refractivity contribution is 6.04. The number of pyridine rings is 1. The SMILES string of the molecule is COCC(O)CN1CCN(c2ccc(NC(=O)c3ccc(OC)cc3)cn2)CC1. The molecule has 1 unspecified atom stereocenters. The molecule has 8 nitrogen and oxygen atoms in total. The summed E-state index contributed by atoms with van der Waals surface area (Å²) in [6.45, 7) is 4.36. The number of anilines is 2. The second-order valence-corrected chi connectivity index (χ2v) is 6.98. The molecule has 1 saturated heterocycles. The van der Waals surface area contributed by atoms with E-state index in [2.05, 4.69) is 20.1 Å². The molecule has 0 spiro atoms. The van der Waals surface area contributed by atoms with E-state index in [1.165, 1.54) is 0 Å². The molecule has 0 radical (unpaired) electrons. The fraction of sp³-hybridized carbons (Fsp3) is 0.429. The highest BCUT2D eigenvalue weighted by Gasteiger charge is 2.20. The van der Waals surface area contributed by atoms with Crippen LogP contribution in [0.25, 0.3) is 0 Å². The summed E-state index contributed by atoms with van der Waals surface area (Å²) in [6, 6.07) is 10.7. The van der Waals surface area contributed by atoms with E-state index in [0.29, 0.717) is 30.2 Å². The molecule has 2 aromatic rings. The zero-order valence-electron chi connectivity index (χ0n) is 16.9. The molecule has 1 aromatic carbocycles. The van der Waals surface area contributed by atoms with Crippen molar-refractivity contribution in [3.05, 3.63) is 48.2 Å². The van der Waals surface area contributed by atoms with E-state index in [9.17, 15) is 9.90 Å². The van der Waals surface area contributed by atoms with Crippen molar-refractivity contribution < 1.29 is 19.4 Å². The van der Waals surface area contributed by atoms with E-state index in [4.69, 9.17) is 9.47 Å². The molecule has 0 bridgehead atoms. The summed E-state index contributed by atoms with van der Waals surface area (Å²) in [4.78, 5) is 21.3. The molecule has 2 N–H and O–H groups in total. The Morgan fingerprint density at radius 2 is 1.86 bits per heavy atom. The number of carbonyl (C=O) groups excluding carboxylic acids is 1. The Morgan fingerprint density at radius 3 is 2.45 bits per heavy atom. The van der Waals surface area contributed by atoms with E-state index >= 15 is 0 Å². The lowest BCUT2D eigenvalue weighted by Crippen LogP contribution is -2.49. The Bertz CT molecular complexity index is 774. The van der Waals surface area contributed by atoms with Gasteiger partial charge in [-0.3, -0.25) is 9.69 Å². The van der Waals surface area contributed by atoms with Crippen LogP contribution >= 0.6 is 0 Å². The van der Waals surface area contributed by atoms with Gasteiger partial charge in [0.2, 0.25) is 0 Å². The van der Waals surface area contributed by atoms with Crippen molar-refractivity contribution in [3.63, 3.8) is 0 Å². The summed E-state index contributed by atoms with van der Waals surface area (Å²) < 4.78 is 10.1. The minimum atomic E-state index is -0.460. The van der Waals surface area contributed by atoms with Crippen molar-refractivity contribution in [3.8, 4) is 5.75 Å². The lowest BCUT2D eigenvalue weighted by molar-refractivity contribution is 0.0365. The Balaban J connectivity index is 1.50. The molecular formula is C21H28N4O4. The van der Waals surface area contributed by atoms with Crippen LogP contribution in [-0.2, 0) is 4.74 Å². The van der Waals surface area contributed by atoms with E-state index in [1.807, 2.05) is 12.1 Å². The van der Waals surface area contributed by atoms with Gasteiger partial charge in [0, 0.05) is 45.4 Å². The summed E-state index contributed by atoms with van der Waals surface area (Å²) >= 11 is 0. The molecule has 1 fully saturated rings. The number of ether oxygens (including phenoxy) is 2. The predicted octanol–water partition coefficient (Wildman–Crippen LogP) is 1.47. The van der Waals surface area contributed by atoms with Crippen molar-refractivity contribution in [2.24, 2.45) is 0 Å². The predicted molar refractivity (Wildman–Crippen MR) is 112 cm³/mol. The van der Waals surface area contributed by atoms with Gasteiger partial charge in [0.05, 0.1) is 31.7 Å². The maximum atomic E-state index is 12.3. The van der Waals surface area contributed by atoms with Crippen LogP contribution in [0.4, 0.5) is 11.5 Å². The number of rotatable bonds is 8. The van der Waals surface area contributed by atoms with Crippen LogP contribution in [0.15, 0.2) is 42.6 Å². The molecule has 8 heteroatoms. The van der Waals surface area contributed by atoms with Crippen LogP contribution in [-0.4, -0.2) is 80.6 Å². The summed E-state index contributed by atoms with van der Waals surface area (Å²) in [7, 11) is 3.18. The van der Waals surface area contributed by atoms with E-state index in [0.717, 1.165) is 32.0 Å². The van der Waals surface area contributed by atoms with Gasteiger partial charge in [-0.1, -0.05) is 0 Å². The van der Waals surface area contributed by atoms with Crippen LogP contribution in [0.2, 0.25) is 0 Å². The molecule has 156 valence electrons. The van der Waals surface area contributed by atoms with Crippen LogP contribution in [0.1, 0.15) is 10.4 Å². The normalized spacial score (nSPS) is 15.8. The van der Waals surface area contributed by atoms with Gasteiger partial charge in [-0.2, -0.15) is 0 Å². The standard InChI is InChI=1S/C21H28N4O4/c1-28-15-18(26)14-24-9-11-25(12-10-24)20-8-5-17(13-22-20)23-21(27)16-3-6-19(29-2)7-4-16/h3-8,13,18,26H,9-12,14-15H2,1-2H3,(H,23,27). The number of nitrogens with zero attached hydrogens (tertiary/aromatic N) is 3. The minimum absolute atomic E-state index is 0.189. The zero-order valence-corrected chi connectivity index (χ0v) is 16.9. The lowest BCUT2D eigenvalue weighted by Gasteiger charge is -2.36. The molecule has 1 atom stereocenters. The van der Waals surface area contributed by atoms with Crippen LogP contribution in [0.5, 0.6) is 5.75 Å². The van der Waals surface area contributed by atoms with Crippen molar-refractivity contribution in [1.82, 2.24) is 9.88 Å². The second-order valence-electron chi connectivity index (χ2n) is 6.98. The first-order chi connectivity index (χ1) is 14.1. The van der Waals surface area contributed by atoms with Crippen molar-refractivity contribution >= 4 is 17.4 Å². The number of piperazine rings is 1. The number of hydrogen-bond donors (Lipinski definition) is 2. The summed E-state index contributed by atoms with van der Waals surface area (Å²) in [5, 5.41) is 12.7. The Hall–Kier alpha value is -2.68. The van der Waals surface area contributed by atoms with Crippen LogP contribution < -0.4 is 15.0 Å². The number of aromatic nitrogens is 1. The minimum Gasteiger partial charge on any atom is -0.497 e. The van der Waals surface area contributed by atoms with E-state index in [1.54, 1.807) is 44.7 Å². The first kappa shape index (κ1) is 21.0. The molecule has 1 aliphatic heterocycles. The molecule has 1 aromatic heterocycles. The van der Waals surface area contributed by atoms with Gasteiger partial charge in [-0.15, -0.1) is 0 Å². The first-order valence-electron chi connectivity index (χ1n) is 9.65. The first-order valence-corrected chi connectivity index (χ1v) is 9.65.